The molecule has 1 aromatic heterocycles. The van der Waals surface area contributed by atoms with Crippen LogP contribution < -0.4 is 10.6 Å². The van der Waals surface area contributed by atoms with Crippen LogP contribution in [0.2, 0.25) is 0 Å². The van der Waals surface area contributed by atoms with Crippen molar-refractivity contribution in [3.8, 4) is 0 Å². The van der Waals surface area contributed by atoms with Crippen LogP contribution in [0.4, 0.5) is 31.9 Å². The van der Waals surface area contributed by atoms with Gasteiger partial charge in [-0.2, -0.15) is 4.98 Å². The third-order valence-electron chi connectivity index (χ3n) is 5.45. The Hall–Kier alpha value is -4.08. The number of amides is 2. The fourth-order valence-electron chi connectivity index (χ4n) is 3.66. The molecular formula is C24H24F2N6O2. The molecule has 176 valence electrons. The van der Waals surface area contributed by atoms with Crippen molar-refractivity contribution in [3.05, 3.63) is 71.9 Å². The molecule has 0 atom stereocenters. The third kappa shape index (κ3) is 5.64. The predicted molar refractivity (Wildman–Crippen MR) is 124 cm³/mol. The van der Waals surface area contributed by atoms with Crippen LogP contribution in [0.25, 0.3) is 0 Å². The molecule has 4 rings (SSSR count). The molecule has 8 nitrogen and oxygen atoms in total. The highest BCUT2D eigenvalue weighted by atomic mass is 19.1. The number of carbonyl (C=O) groups is 2. The first-order valence-electron chi connectivity index (χ1n) is 10.9. The topological polar surface area (TPSA) is 90.5 Å². The molecule has 34 heavy (non-hydrogen) atoms. The van der Waals surface area contributed by atoms with Gasteiger partial charge < -0.3 is 20.4 Å². The lowest BCUT2D eigenvalue weighted by Crippen LogP contribution is -2.36. The van der Waals surface area contributed by atoms with Gasteiger partial charge in [-0.3, -0.25) is 9.59 Å². The van der Waals surface area contributed by atoms with E-state index >= 15 is 0 Å². The zero-order valence-corrected chi connectivity index (χ0v) is 18.6. The van der Waals surface area contributed by atoms with Gasteiger partial charge in [0.25, 0.3) is 5.91 Å². The summed E-state index contributed by atoms with van der Waals surface area (Å²) < 4.78 is 27.3. The van der Waals surface area contributed by atoms with Crippen LogP contribution in [0.3, 0.4) is 0 Å². The van der Waals surface area contributed by atoms with Crippen LogP contribution in [-0.2, 0) is 4.79 Å². The molecule has 1 saturated heterocycles. The van der Waals surface area contributed by atoms with Gasteiger partial charge in [0.2, 0.25) is 11.9 Å². The maximum Gasteiger partial charge on any atom is 0.253 e. The number of hydrogen-bond donors (Lipinski definition) is 2. The van der Waals surface area contributed by atoms with Crippen LogP contribution in [0.5, 0.6) is 0 Å². The van der Waals surface area contributed by atoms with E-state index in [0.29, 0.717) is 43.1 Å². The average molecular weight is 466 g/mol. The summed E-state index contributed by atoms with van der Waals surface area (Å²) in [5, 5.41) is 5.78. The van der Waals surface area contributed by atoms with E-state index in [2.05, 4.69) is 20.6 Å². The van der Waals surface area contributed by atoms with Crippen LogP contribution in [0, 0.1) is 11.6 Å². The summed E-state index contributed by atoms with van der Waals surface area (Å²) >= 11 is 0. The number of rotatable bonds is 5. The summed E-state index contributed by atoms with van der Waals surface area (Å²) in [5.74, 6) is -1.14. The van der Waals surface area contributed by atoms with Crippen LogP contribution >= 0.6 is 0 Å². The van der Waals surface area contributed by atoms with Crippen molar-refractivity contribution >= 4 is 35.0 Å². The number of nitrogens with one attached hydrogen (secondary N) is 2. The molecule has 0 spiro atoms. The van der Waals surface area contributed by atoms with E-state index in [9.17, 15) is 18.4 Å². The fraction of sp³-hybridized carbons (Fsp3) is 0.250. The Labute approximate surface area is 195 Å². The van der Waals surface area contributed by atoms with Gasteiger partial charge in [-0.25, -0.2) is 13.8 Å². The number of benzene rings is 2. The molecule has 2 aromatic carbocycles. The molecule has 0 saturated carbocycles. The minimum atomic E-state index is -0.667. The highest BCUT2D eigenvalue weighted by molar-refractivity contribution is 5.95. The second-order valence-electron chi connectivity index (χ2n) is 7.88. The molecule has 0 bridgehead atoms. The molecule has 1 aliphatic heterocycles. The van der Waals surface area contributed by atoms with E-state index in [-0.39, 0.29) is 23.6 Å². The number of anilines is 4. The molecular weight excluding hydrogens is 442 g/mol. The quantitative estimate of drug-likeness (QED) is 0.592. The van der Waals surface area contributed by atoms with Gasteiger partial charge in [-0.1, -0.05) is 6.07 Å². The van der Waals surface area contributed by atoms with Gasteiger partial charge in [0.1, 0.15) is 5.82 Å². The van der Waals surface area contributed by atoms with Gasteiger partial charge in [0.15, 0.2) is 11.6 Å². The van der Waals surface area contributed by atoms with Gasteiger partial charge in [0, 0.05) is 50.0 Å². The first-order valence-corrected chi connectivity index (χ1v) is 10.9. The zero-order valence-electron chi connectivity index (χ0n) is 18.6. The van der Waals surface area contributed by atoms with E-state index in [1.165, 1.54) is 31.2 Å². The molecule has 2 amide bonds. The number of halogens is 2. The fourth-order valence-corrected chi connectivity index (χ4v) is 3.66. The Morgan fingerprint density at radius 1 is 0.912 bits per heavy atom. The van der Waals surface area contributed by atoms with E-state index in [4.69, 9.17) is 0 Å². The highest BCUT2D eigenvalue weighted by Crippen LogP contribution is 2.22. The first-order chi connectivity index (χ1) is 16.4. The minimum absolute atomic E-state index is 0.00748. The summed E-state index contributed by atoms with van der Waals surface area (Å²) in [6.45, 7) is 3.71. The Kier molecular flexibility index (Phi) is 6.95. The Morgan fingerprint density at radius 3 is 2.41 bits per heavy atom. The van der Waals surface area contributed by atoms with Crippen LogP contribution in [0.15, 0.2) is 54.7 Å². The lowest BCUT2D eigenvalue weighted by molar-refractivity contribution is -0.128. The highest BCUT2D eigenvalue weighted by Gasteiger charge is 2.21. The second kappa shape index (κ2) is 10.2. The van der Waals surface area contributed by atoms with Gasteiger partial charge in [-0.05, 0) is 48.9 Å². The Balaban J connectivity index is 1.46. The lowest BCUT2D eigenvalue weighted by Gasteiger charge is -2.21. The smallest absolute Gasteiger partial charge is 0.253 e. The predicted octanol–water partition coefficient (Wildman–Crippen LogP) is 3.94. The van der Waals surface area contributed by atoms with E-state index in [1.807, 2.05) is 0 Å². The molecule has 0 aliphatic carbocycles. The van der Waals surface area contributed by atoms with Crippen molar-refractivity contribution in [1.82, 2.24) is 19.8 Å². The Bertz CT molecular complexity index is 1190. The van der Waals surface area contributed by atoms with Gasteiger partial charge in [-0.15, -0.1) is 0 Å². The molecule has 1 fully saturated rings. The minimum Gasteiger partial charge on any atom is -0.341 e. The van der Waals surface area contributed by atoms with E-state index < -0.39 is 11.6 Å². The van der Waals surface area contributed by atoms with Crippen molar-refractivity contribution in [2.24, 2.45) is 0 Å². The largest absolute Gasteiger partial charge is 0.341 e. The normalized spacial score (nSPS) is 13.9. The summed E-state index contributed by atoms with van der Waals surface area (Å²) in [7, 11) is 0. The lowest BCUT2D eigenvalue weighted by atomic mass is 10.1. The van der Waals surface area contributed by atoms with Crippen molar-refractivity contribution in [2.75, 3.05) is 36.8 Å². The van der Waals surface area contributed by atoms with Gasteiger partial charge >= 0.3 is 0 Å². The Morgan fingerprint density at radius 2 is 1.65 bits per heavy atom. The zero-order chi connectivity index (χ0) is 24.1. The second-order valence-corrected chi connectivity index (χ2v) is 7.88. The molecule has 0 unspecified atom stereocenters. The number of hydrogen-bond acceptors (Lipinski definition) is 6. The summed E-state index contributed by atoms with van der Waals surface area (Å²) in [5.41, 5.74) is 1.51. The maximum atomic E-state index is 14.2. The van der Waals surface area contributed by atoms with Crippen molar-refractivity contribution in [2.45, 2.75) is 13.3 Å². The van der Waals surface area contributed by atoms with Crippen molar-refractivity contribution in [1.29, 1.82) is 0 Å². The van der Waals surface area contributed by atoms with Crippen LogP contribution in [0.1, 0.15) is 23.7 Å². The number of nitrogens with zero attached hydrogens (tertiary/aromatic N) is 4. The van der Waals surface area contributed by atoms with Gasteiger partial charge in [0.05, 0.1) is 6.20 Å². The monoisotopic (exact) mass is 466 g/mol. The molecule has 1 aliphatic rings. The molecule has 3 aromatic rings. The maximum absolute atomic E-state index is 14.2. The number of aromatic nitrogens is 2. The number of carbonyl (C=O) groups excluding carboxylic acids is 2. The van der Waals surface area contributed by atoms with Crippen molar-refractivity contribution in [3.63, 3.8) is 0 Å². The van der Waals surface area contributed by atoms with E-state index in [0.717, 1.165) is 12.6 Å². The standard InChI is InChI=1S/C24H24F2N6O2/c1-16(33)31-10-3-11-32(13-12-31)23(34)17-4-2-5-20(14-17)29-24-27-15-21(26)22(30-24)28-19-8-6-18(25)7-9-19/h2,4-9,14-15H,3,10-13H2,1H3,(H2,27,28,29,30). The SMILES string of the molecule is CC(=O)N1CCCN(C(=O)c2cccc(Nc3ncc(F)c(Nc4ccc(F)cc4)n3)c2)CC1. The van der Waals surface area contributed by atoms with Crippen molar-refractivity contribution < 1.29 is 18.4 Å². The molecule has 0 radical (unpaired) electrons. The summed E-state index contributed by atoms with van der Waals surface area (Å²) in [4.78, 5) is 36.3. The molecule has 2 N–H and O–H groups in total. The third-order valence-corrected chi connectivity index (χ3v) is 5.45. The summed E-state index contributed by atoms with van der Waals surface area (Å²) in [6, 6.07) is 12.3. The summed E-state index contributed by atoms with van der Waals surface area (Å²) in [6.07, 6.45) is 1.74. The molecule has 2 heterocycles. The molecule has 10 heteroatoms. The van der Waals surface area contributed by atoms with Crippen LogP contribution in [-0.4, -0.2) is 57.8 Å². The first kappa shape index (κ1) is 23.1. The average Bonchev–Trinajstić information content (AvgIpc) is 3.09. The van der Waals surface area contributed by atoms with E-state index in [1.54, 1.807) is 34.1 Å².